The van der Waals surface area contributed by atoms with Gasteiger partial charge in [0.15, 0.2) is 6.10 Å². The highest BCUT2D eigenvalue weighted by Gasteiger charge is 2.34. The van der Waals surface area contributed by atoms with Crippen molar-refractivity contribution in [2.45, 2.75) is 64.2 Å². The summed E-state index contributed by atoms with van der Waals surface area (Å²) in [5, 5.41) is 11.5. The lowest BCUT2D eigenvalue weighted by molar-refractivity contribution is -0.150. The van der Waals surface area contributed by atoms with Gasteiger partial charge in [-0.2, -0.15) is 13.2 Å². The standard InChI is InChI=1S/C28H35F5N2O5/c1-3-39-24(25(36)37)19-20-11-13-21(14-12-20)40-18-17-35(16-8-4-7-15-27(2,29)30)26(38)34-23-10-6-5-9-22(23)28(31,32)33/h5-6,9-14,24H,3-4,7-8,15-19H2,1-2H3,(H,34,38)(H,36,37). The molecular formula is C28H35F5N2O5. The summed E-state index contributed by atoms with van der Waals surface area (Å²) in [7, 11) is 0. The van der Waals surface area contributed by atoms with Crippen LogP contribution >= 0.6 is 0 Å². The van der Waals surface area contributed by atoms with Crippen LogP contribution in [-0.2, 0) is 22.1 Å². The first kappa shape index (κ1) is 32.8. The molecule has 2 rings (SSSR count). The first-order valence-electron chi connectivity index (χ1n) is 13.0. The third kappa shape index (κ3) is 11.8. The van der Waals surface area contributed by atoms with Crippen LogP contribution in [0.2, 0.25) is 0 Å². The molecule has 0 saturated carbocycles. The van der Waals surface area contributed by atoms with Crippen molar-refractivity contribution in [3.8, 4) is 5.75 Å². The largest absolute Gasteiger partial charge is 0.492 e. The lowest BCUT2D eigenvalue weighted by Crippen LogP contribution is -2.39. The van der Waals surface area contributed by atoms with Crippen LogP contribution in [0.3, 0.4) is 0 Å². The van der Waals surface area contributed by atoms with E-state index in [1.807, 2.05) is 0 Å². The molecule has 40 heavy (non-hydrogen) atoms. The molecule has 2 aromatic carbocycles. The number of carboxylic acids is 1. The smallest absolute Gasteiger partial charge is 0.418 e. The van der Waals surface area contributed by atoms with Gasteiger partial charge < -0.3 is 24.8 Å². The number of carbonyl (C=O) groups excluding carboxylic acids is 1. The quantitative estimate of drug-likeness (QED) is 0.169. The second kappa shape index (κ2) is 15.4. The zero-order valence-electron chi connectivity index (χ0n) is 22.5. The van der Waals surface area contributed by atoms with Crippen LogP contribution in [-0.4, -0.2) is 60.3 Å². The van der Waals surface area contributed by atoms with E-state index in [1.165, 1.54) is 17.0 Å². The molecule has 0 aromatic heterocycles. The number of para-hydroxylation sites is 1. The molecule has 0 saturated heterocycles. The Morgan fingerprint density at radius 1 is 0.975 bits per heavy atom. The fraction of sp³-hybridized carbons (Fsp3) is 0.500. The summed E-state index contributed by atoms with van der Waals surface area (Å²) in [6, 6.07) is 10.5. The second-order valence-corrected chi connectivity index (χ2v) is 9.32. The minimum atomic E-state index is -4.66. The number of carboxylic acid groups (broad SMARTS) is 1. The molecule has 12 heteroatoms. The Kier molecular flexibility index (Phi) is 12.6. The number of urea groups is 1. The number of ether oxygens (including phenoxy) is 2. The molecule has 1 unspecified atom stereocenters. The van der Waals surface area contributed by atoms with E-state index in [0.717, 1.165) is 24.6 Å². The van der Waals surface area contributed by atoms with Gasteiger partial charge in [-0.25, -0.2) is 18.4 Å². The van der Waals surface area contributed by atoms with Crippen molar-refractivity contribution in [3.05, 3.63) is 59.7 Å². The van der Waals surface area contributed by atoms with Crippen LogP contribution in [0.15, 0.2) is 48.5 Å². The minimum absolute atomic E-state index is 0.0113. The van der Waals surface area contributed by atoms with Crippen LogP contribution < -0.4 is 10.1 Å². The van der Waals surface area contributed by atoms with Crippen LogP contribution in [0.25, 0.3) is 0 Å². The van der Waals surface area contributed by atoms with Crippen molar-refractivity contribution in [1.29, 1.82) is 0 Å². The number of unbranched alkanes of at least 4 members (excludes halogenated alkanes) is 2. The molecule has 0 radical (unpaired) electrons. The Morgan fingerprint density at radius 3 is 2.25 bits per heavy atom. The molecule has 7 nitrogen and oxygen atoms in total. The molecule has 2 aromatic rings. The third-order valence-corrected chi connectivity index (χ3v) is 5.92. The molecule has 0 spiro atoms. The molecule has 0 aliphatic rings. The van der Waals surface area contributed by atoms with E-state index in [0.29, 0.717) is 18.6 Å². The summed E-state index contributed by atoms with van der Waals surface area (Å²) >= 11 is 0. The molecule has 2 amide bonds. The topological polar surface area (TPSA) is 88.1 Å². The van der Waals surface area contributed by atoms with Gasteiger partial charge in [-0.3, -0.25) is 0 Å². The van der Waals surface area contributed by atoms with Crippen molar-refractivity contribution in [2.24, 2.45) is 0 Å². The van der Waals surface area contributed by atoms with Gasteiger partial charge in [-0.15, -0.1) is 0 Å². The number of aliphatic carboxylic acids is 1. The monoisotopic (exact) mass is 574 g/mol. The SMILES string of the molecule is CCOC(Cc1ccc(OCCN(CCCCCC(C)(F)F)C(=O)Nc2ccccc2C(F)(F)F)cc1)C(=O)O. The molecule has 0 bridgehead atoms. The van der Waals surface area contributed by atoms with Gasteiger partial charge in [-0.05, 0) is 56.5 Å². The number of benzene rings is 2. The van der Waals surface area contributed by atoms with Gasteiger partial charge >= 0.3 is 18.2 Å². The lowest BCUT2D eigenvalue weighted by Gasteiger charge is -2.24. The number of carbonyl (C=O) groups is 2. The highest BCUT2D eigenvalue weighted by atomic mass is 19.4. The van der Waals surface area contributed by atoms with Crippen LogP contribution in [0.4, 0.5) is 32.4 Å². The Hall–Kier alpha value is -3.41. The van der Waals surface area contributed by atoms with Gasteiger partial charge in [0.2, 0.25) is 5.92 Å². The Bertz CT molecular complexity index is 1070. The summed E-state index contributed by atoms with van der Waals surface area (Å²) in [6.07, 6.45) is -4.74. The molecular weight excluding hydrogens is 539 g/mol. The predicted molar refractivity (Wildman–Crippen MR) is 140 cm³/mol. The Labute approximate surface area is 230 Å². The maximum absolute atomic E-state index is 13.4. The van der Waals surface area contributed by atoms with E-state index < -0.39 is 35.8 Å². The molecule has 0 aliphatic heterocycles. The van der Waals surface area contributed by atoms with E-state index in [9.17, 15) is 36.6 Å². The van der Waals surface area contributed by atoms with E-state index in [-0.39, 0.29) is 51.3 Å². The van der Waals surface area contributed by atoms with Crippen molar-refractivity contribution in [1.82, 2.24) is 4.90 Å². The fourth-order valence-electron chi connectivity index (χ4n) is 3.89. The predicted octanol–water partition coefficient (Wildman–Crippen LogP) is 6.87. The summed E-state index contributed by atoms with van der Waals surface area (Å²) < 4.78 is 77.2. The first-order chi connectivity index (χ1) is 18.8. The minimum Gasteiger partial charge on any atom is -0.492 e. The van der Waals surface area contributed by atoms with Gasteiger partial charge in [0, 0.05) is 26.0 Å². The van der Waals surface area contributed by atoms with Crippen molar-refractivity contribution in [3.63, 3.8) is 0 Å². The molecule has 0 fully saturated rings. The maximum atomic E-state index is 13.4. The van der Waals surface area contributed by atoms with Gasteiger partial charge in [0.05, 0.1) is 17.8 Å². The van der Waals surface area contributed by atoms with E-state index in [4.69, 9.17) is 9.47 Å². The van der Waals surface area contributed by atoms with E-state index in [2.05, 4.69) is 5.32 Å². The highest BCUT2D eigenvalue weighted by Crippen LogP contribution is 2.34. The average molecular weight is 575 g/mol. The fourth-order valence-corrected chi connectivity index (χ4v) is 3.89. The van der Waals surface area contributed by atoms with E-state index in [1.54, 1.807) is 31.2 Å². The normalized spacial score (nSPS) is 12.6. The Morgan fingerprint density at radius 2 is 1.65 bits per heavy atom. The average Bonchev–Trinajstić information content (AvgIpc) is 2.87. The maximum Gasteiger partial charge on any atom is 0.418 e. The Balaban J connectivity index is 2.01. The second-order valence-electron chi connectivity index (χ2n) is 9.32. The summed E-state index contributed by atoms with van der Waals surface area (Å²) in [5.41, 5.74) is -0.659. The molecule has 222 valence electrons. The molecule has 1 atom stereocenters. The van der Waals surface area contributed by atoms with Gasteiger partial charge in [0.25, 0.3) is 0 Å². The van der Waals surface area contributed by atoms with Crippen LogP contribution in [0, 0.1) is 0 Å². The molecule has 2 N–H and O–H groups in total. The number of anilines is 1. The number of alkyl halides is 5. The number of rotatable bonds is 16. The summed E-state index contributed by atoms with van der Waals surface area (Å²) in [4.78, 5) is 25.5. The lowest BCUT2D eigenvalue weighted by atomic mass is 10.1. The number of halogens is 5. The van der Waals surface area contributed by atoms with Crippen molar-refractivity contribution < 1.29 is 46.1 Å². The van der Waals surface area contributed by atoms with Crippen LogP contribution in [0.1, 0.15) is 50.7 Å². The number of hydrogen-bond donors (Lipinski definition) is 2. The van der Waals surface area contributed by atoms with Crippen LogP contribution in [0.5, 0.6) is 5.75 Å². The summed E-state index contributed by atoms with van der Waals surface area (Å²) in [5.74, 6) is -3.42. The first-order valence-corrected chi connectivity index (χ1v) is 13.0. The molecule has 0 aliphatic carbocycles. The van der Waals surface area contributed by atoms with Gasteiger partial charge in [0.1, 0.15) is 12.4 Å². The van der Waals surface area contributed by atoms with E-state index >= 15 is 0 Å². The number of nitrogens with one attached hydrogen (secondary N) is 1. The zero-order chi connectivity index (χ0) is 29.8. The number of amides is 2. The number of nitrogens with zero attached hydrogens (tertiary/aromatic N) is 1. The van der Waals surface area contributed by atoms with Crippen molar-refractivity contribution >= 4 is 17.7 Å². The van der Waals surface area contributed by atoms with Crippen molar-refractivity contribution in [2.75, 3.05) is 31.6 Å². The summed E-state index contributed by atoms with van der Waals surface area (Å²) in [6.45, 7) is 2.96. The van der Waals surface area contributed by atoms with Gasteiger partial charge in [-0.1, -0.05) is 30.7 Å². The third-order valence-electron chi connectivity index (χ3n) is 5.92. The highest BCUT2D eigenvalue weighted by molar-refractivity contribution is 5.90. The zero-order valence-corrected chi connectivity index (χ0v) is 22.5. The molecule has 0 heterocycles. The number of hydrogen-bond acceptors (Lipinski definition) is 4.